The van der Waals surface area contributed by atoms with Gasteiger partial charge < -0.3 is 15.8 Å². The van der Waals surface area contributed by atoms with Crippen molar-refractivity contribution >= 4 is 0 Å². The van der Waals surface area contributed by atoms with Gasteiger partial charge in [-0.3, -0.25) is 0 Å². The summed E-state index contributed by atoms with van der Waals surface area (Å²) in [7, 11) is 0. The molecule has 1 saturated carbocycles. The van der Waals surface area contributed by atoms with Crippen LogP contribution in [0.5, 0.6) is 5.75 Å². The number of ether oxygens (including phenoxy) is 1. The first-order valence-electron chi connectivity index (χ1n) is 8.08. The highest BCUT2D eigenvalue weighted by Gasteiger charge is 2.19. The minimum Gasteiger partial charge on any atom is -0.493 e. The zero-order valence-electron chi connectivity index (χ0n) is 12.2. The molecule has 1 atom stereocenters. The Kier molecular flexibility index (Phi) is 4.58. The Morgan fingerprint density at radius 3 is 2.75 bits per heavy atom. The normalized spacial score (nSPS) is 21.1. The lowest BCUT2D eigenvalue weighted by molar-refractivity contribution is 0.356. The molecule has 1 aromatic carbocycles. The number of fused-ring (bicyclic) bond motifs is 1. The standard InChI is InChI=1S/C17H26N2O/c18-12-16(19-15-5-3-1-2-4-6-15)13-7-8-17-14(11-13)9-10-20-17/h7-8,11,15-16,19H,1-6,9-10,12,18H2. The number of rotatable bonds is 4. The lowest BCUT2D eigenvalue weighted by Crippen LogP contribution is -2.36. The van der Waals surface area contributed by atoms with Crippen LogP contribution in [0.1, 0.15) is 55.7 Å². The van der Waals surface area contributed by atoms with E-state index < -0.39 is 0 Å². The second-order valence-corrected chi connectivity index (χ2v) is 6.11. The number of nitrogens with one attached hydrogen (secondary N) is 1. The molecule has 3 rings (SSSR count). The minimum absolute atomic E-state index is 0.281. The van der Waals surface area contributed by atoms with Crippen molar-refractivity contribution in [2.24, 2.45) is 5.73 Å². The van der Waals surface area contributed by atoms with Crippen LogP contribution in [0, 0.1) is 0 Å². The van der Waals surface area contributed by atoms with E-state index in [-0.39, 0.29) is 6.04 Å². The van der Waals surface area contributed by atoms with Gasteiger partial charge in [-0.15, -0.1) is 0 Å². The van der Waals surface area contributed by atoms with E-state index in [1.165, 1.54) is 49.7 Å². The van der Waals surface area contributed by atoms with Crippen LogP contribution in [0.25, 0.3) is 0 Å². The van der Waals surface area contributed by atoms with Gasteiger partial charge in [0, 0.05) is 25.0 Å². The van der Waals surface area contributed by atoms with Crippen LogP contribution in [0.3, 0.4) is 0 Å². The Morgan fingerprint density at radius 1 is 1.20 bits per heavy atom. The Labute approximate surface area is 121 Å². The first kappa shape index (κ1) is 13.9. The molecular weight excluding hydrogens is 248 g/mol. The zero-order valence-corrected chi connectivity index (χ0v) is 12.2. The maximum absolute atomic E-state index is 6.01. The van der Waals surface area contributed by atoms with Gasteiger partial charge in [0.05, 0.1) is 6.61 Å². The molecule has 1 aliphatic carbocycles. The predicted octanol–water partition coefficient (Wildman–Crippen LogP) is 2.93. The van der Waals surface area contributed by atoms with Crippen molar-refractivity contribution in [2.75, 3.05) is 13.2 Å². The maximum atomic E-state index is 6.01. The second-order valence-electron chi connectivity index (χ2n) is 6.11. The van der Waals surface area contributed by atoms with Crippen LogP contribution in [-0.2, 0) is 6.42 Å². The highest BCUT2D eigenvalue weighted by Crippen LogP contribution is 2.29. The molecule has 1 aromatic rings. The third kappa shape index (κ3) is 3.15. The Hall–Kier alpha value is -1.06. The molecule has 0 spiro atoms. The lowest BCUT2D eigenvalue weighted by atomic mass is 10.00. The van der Waals surface area contributed by atoms with Gasteiger partial charge in [0.15, 0.2) is 0 Å². The Morgan fingerprint density at radius 2 is 2.00 bits per heavy atom. The lowest BCUT2D eigenvalue weighted by Gasteiger charge is -2.24. The fourth-order valence-electron chi connectivity index (χ4n) is 3.45. The number of hydrogen-bond donors (Lipinski definition) is 2. The summed E-state index contributed by atoms with van der Waals surface area (Å²) in [5.74, 6) is 1.05. The minimum atomic E-state index is 0.281. The van der Waals surface area contributed by atoms with Crippen LogP contribution >= 0.6 is 0 Å². The van der Waals surface area contributed by atoms with Gasteiger partial charge in [-0.25, -0.2) is 0 Å². The SMILES string of the molecule is NCC(NC1CCCCCC1)c1ccc2c(c1)CCO2. The molecule has 3 nitrogen and oxygen atoms in total. The molecule has 110 valence electrons. The third-order valence-corrected chi connectivity index (χ3v) is 4.64. The van der Waals surface area contributed by atoms with Gasteiger partial charge in [-0.2, -0.15) is 0 Å². The van der Waals surface area contributed by atoms with Crippen LogP contribution in [-0.4, -0.2) is 19.2 Å². The Balaban J connectivity index is 1.69. The smallest absolute Gasteiger partial charge is 0.122 e. The summed E-state index contributed by atoms with van der Waals surface area (Å²) in [6.07, 6.45) is 9.11. The third-order valence-electron chi connectivity index (χ3n) is 4.64. The summed E-state index contributed by atoms with van der Waals surface area (Å²) in [5.41, 5.74) is 8.67. The topological polar surface area (TPSA) is 47.3 Å². The molecule has 1 unspecified atom stereocenters. The van der Waals surface area contributed by atoms with Gasteiger partial charge in [-0.1, -0.05) is 37.8 Å². The molecule has 3 heteroatoms. The van der Waals surface area contributed by atoms with Crippen molar-refractivity contribution in [3.63, 3.8) is 0 Å². The summed E-state index contributed by atoms with van der Waals surface area (Å²) in [6, 6.07) is 7.48. The zero-order chi connectivity index (χ0) is 13.8. The van der Waals surface area contributed by atoms with Crippen LogP contribution in [0.15, 0.2) is 18.2 Å². The molecule has 1 aliphatic heterocycles. The molecule has 2 aliphatic rings. The average Bonchev–Trinajstić information content (AvgIpc) is 2.79. The van der Waals surface area contributed by atoms with E-state index in [0.29, 0.717) is 12.6 Å². The number of benzene rings is 1. The average molecular weight is 274 g/mol. The first-order valence-corrected chi connectivity index (χ1v) is 8.08. The number of nitrogens with two attached hydrogens (primary N) is 1. The molecule has 3 N–H and O–H groups in total. The van der Waals surface area contributed by atoms with E-state index in [1.54, 1.807) is 0 Å². The molecule has 1 heterocycles. The fourth-order valence-corrected chi connectivity index (χ4v) is 3.45. The molecule has 0 radical (unpaired) electrons. The summed E-state index contributed by atoms with van der Waals surface area (Å²) in [5, 5.41) is 3.79. The van der Waals surface area contributed by atoms with Crippen LogP contribution in [0.2, 0.25) is 0 Å². The molecule has 0 aromatic heterocycles. The fraction of sp³-hybridized carbons (Fsp3) is 0.647. The van der Waals surface area contributed by atoms with Gasteiger partial charge in [0.2, 0.25) is 0 Å². The van der Waals surface area contributed by atoms with Gasteiger partial charge in [-0.05, 0) is 30.0 Å². The van der Waals surface area contributed by atoms with E-state index >= 15 is 0 Å². The monoisotopic (exact) mass is 274 g/mol. The molecule has 1 fully saturated rings. The largest absolute Gasteiger partial charge is 0.493 e. The maximum Gasteiger partial charge on any atom is 0.122 e. The highest BCUT2D eigenvalue weighted by atomic mass is 16.5. The Bertz CT molecular complexity index is 439. The summed E-state index contributed by atoms with van der Waals surface area (Å²) >= 11 is 0. The molecule has 0 bridgehead atoms. The highest BCUT2D eigenvalue weighted by molar-refractivity contribution is 5.40. The predicted molar refractivity (Wildman–Crippen MR) is 82.1 cm³/mol. The van der Waals surface area contributed by atoms with Crippen molar-refractivity contribution in [1.29, 1.82) is 0 Å². The van der Waals surface area contributed by atoms with Crippen LogP contribution < -0.4 is 15.8 Å². The van der Waals surface area contributed by atoms with Gasteiger partial charge >= 0.3 is 0 Å². The van der Waals surface area contributed by atoms with Crippen LogP contribution in [0.4, 0.5) is 0 Å². The summed E-state index contributed by atoms with van der Waals surface area (Å²) < 4.78 is 5.58. The second kappa shape index (κ2) is 6.59. The van der Waals surface area contributed by atoms with Crippen molar-refractivity contribution in [2.45, 2.75) is 57.0 Å². The van der Waals surface area contributed by atoms with E-state index in [2.05, 4.69) is 23.5 Å². The van der Waals surface area contributed by atoms with Gasteiger partial charge in [0.25, 0.3) is 0 Å². The molecule has 0 saturated heterocycles. The molecule has 20 heavy (non-hydrogen) atoms. The van der Waals surface area contributed by atoms with Crippen molar-refractivity contribution in [3.8, 4) is 5.75 Å². The van der Waals surface area contributed by atoms with Crippen molar-refractivity contribution in [1.82, 2.24) is 5.32 Å². The van der Waals surface area contributed by atoms with E-state index in [9.17, 15) is 0 Å². The van der Waals surface area contributed by atoms with Crippen molar-refractivity contribution < 1.29 is 4.74 Å². The summed E-state index contributed by atoms with van der Waals surface area (Å²) in [4.78, 5) is 0. The van der Waals surface area contributed by atoms with Gasteiger partial charge in [0.1, 0.15) is 5.75 Å². The van der Waals surface area contributed by atoms with E-state index in [4.69, 9.17) is 10.5 Å². The van der Waals surface area contributed by atoms with E-state index in [1.807, 2.05) is 0 Å². The molecule has 0 amide bonds. The van der Waals surface area contributed by atoms with Crippen molar-refractivity contribution in [3.05, 3.63) is 29.3 Å². The van der Waals surface area contributed by atoms with E-state index in [0.717, 1.165) is 18.8 Å². The molecular formula is C17H26N2O. The number of hydrogen-bond acceptors (Lipinski definition) is 3. The quantitative estimate of drug-likeness (QED) is 0.830. The summed E-state index contributed by atoms with van der Waals surface area (Å²) in [6.45, 7) is 1.48. The first-order chi connectivity index (χ1) is 9.86.